The van der Waals surface area contributed by atoms with Crippen LogP contribution in [0.15, 0.2) is 81.2 Å². The zero-order chi connectivity index (χ0) is 22.6. The van der Waals surface area contributed by atoms with E-state index in [4.69, 9.17) is 11.6 Å². The molecule has 2 N–H and O–H groups in total. The van der Waals surface area contributed by atoms with E-state index in [1.807, 2.05) is 24.3 Å². The minimum absolute atomic E-state index is 0.0619. The van der Waals surface area contributed by atoms with Gasteiger partial charge in [-0.2, -0.15) is 5.10 Å². The summed E-state index contributed by atoms with van der Waals surface area (Å²) in [7, 11) is -4.04. The highest BCUT2D eigenvalue weighted by atomic mass is 79.9. The van der Waals surface area contributed by atoms with Gasteiger partial charge in [-0.25, -0.2) is 8.42 Å². The molecule has 0 aliphatic heterocycles. The molecule has 0 aliphatic carbocycles. The number of nitrogens with zero attached hydrogens (tertiary/aromatic N) is 2. The first-order chi connectivity index (χ1) is 14.7. The van der Waals surface area contributed by atoms with Crippen molar-refractivity contribution in [3.05, 3.63) is 91.9 Å². The van der Waals surface area contributed by atoms with Gasteiger partial charge >= 0.3 is 0 Å². The maximum absolute atomic E-state index is 12.6. The molecule has 8 nitrogen and oxygen atoms in total. The van der Waals surface area contributed by atoms with Crippen molar-refractivity contribution in [3.63, 3.8) is 0 Å². The summed E-state index contributed by atoms with van der Waals surface area (Å²) in [6.07, 6.45) is 0. The number of halogens is 2. The first kappa shape index (κ1) is 22.7. The van der Waals surface area contributed by atoms with Gasteiger partial charge in [-0.05, 0) is 61.0 Å². The van der Waals surface area contributed by atoms with E-state index >= 15 is 0 Å². The third-order valence-electron chi connectivity index (χ3n) is 4.18. The third kappa shape index (κ3) is 5.81. The molecule has 0 atom stereocenters. The second kappa shape index (κ2) is 9.46. The Kier molecular flexibility index (Phi) is 6.94. The second-order valence-electron chi connectivity index (χ2n) is 6.36. The third-order valence-corrected chi connectivity index (χ3v) is 6.34. The molecule has 31 heavy (non-hydrogen) atoms. The lowest BCUT2D eigenvalue weighted by Gasteiger charge is -2.10. The molecule has 160 valence electrons. The minimum atomic E-state index is -4.04. The van der Waals surface area contributed by atoms with Crippen molar-refractivity contribution < 1.29 is 13.3 Å². The molecule has 0 radical (unpaired) electrons. The number of hydrazone groups is 1. The van der Waals surface area contributed by atoms with Gasteiger partial charge in [-0.15, -0.1) is 0 Å². The number of nitro groups is 1. The van der Waals surface area contributed by atoms with Crippen LogP contribution in [0.2, 0.25) is 5.02 Å². The molecule has 0 fully saturated rings. The molecule has 0 amide bonds. The summed E-state index contributed by atoms with van der Waals surface area (Å²) in [4.78, 5) is 10.6. The van der Waals surface area contributed by atoms with Gasteiger partial charge in [0.15, 0.2) is 0 Å². The molecular formula is C20H16BrClN4O4S. The molecule has 3 rings (SSSR count). The van der Waals surface area contributed by atoms with E-state index in [-0.39, 0.29) is 16.3 Å². The van der Waals surface area contributed by atoms with Gasteiger partial charge in [-0.1, -0.05) is 39.7 Å². The molecule has 0 saturated heterocycles. The van der Waals surface area contributed by atoms with Crippen molar-refractivity contribution in [1.82, 2.24) is 0 Å². The fraction of sp³-hybridized carbons (Fsp3) is 0.0500. The SMILES string of the molecule is C/C(=N/Nc1ccc(S(=O)(=O)Nc2ccc(Cl)cc2)cc1[N+](=O)[O-])c1ccc(Br)cc1. The standard InChI is InChI=1S/C20H16BrClN4O4S/c1-13(14-2-4-15(21)5-3-14)23-24-19-11-10-18(12-20(19)26(27)28)31(29,30)25-17-8-6-16(22)7-9-17/h2-12,24-25H,1H3/b23-13-. The van der Waals surface area contributed by atoms with Crippen molar-refractivity contribution >= 4 is 60.3 Å². The first-order valence-corrected chi connectivity index (χ1v) is 11.4. The van der Waals surface area contributed by atoms with Crippen LogP contribution in [0.3, 0.4) is 0 Å². The number of benzene rings is 3. The highest BCUT2D eigenvalue weighted by Crippen LogP contribution is 2.29. The summed E-state index contributed by atoms with van der Waals surface area (Å²) in [5.41, 5.74) is 3.99. The van der Waals surface area contributed by atoms with E-state index in [9.17, 15) is 18.5 Å². The molecule has 0 unspecified atom stereocenters. The van der Waals surface area contributed by atoms with E-state index in [2.05, 4.69) is 31.2 Å². The summed E-state index contributed by atoms with van der Waals surface area (Å²) >= 11 is 9.15. The van der Waals surface area contributed by atoms with Gasteiger partial charge in [0.05, 0.1) is 15.5 Å². The maximum atomic E-state index is 12.6. The van der Waals surface area contributed by atoms with Crippen LogP contribution in [0.25, 0.3) is 0 Å². The van der Waals surface area contributed by atoms with E-state index in [0.29, 0.717) is 10.7 Å². The number of rotatable bonds is 7. The predicted octanol–water partition coefficient (Wildman–Crippen LogP) is 5.65. The topological polar surface area (TPSA) is 114 Å². The van der Waals surface area contributed by atoms with Crippen LogP contribution in [0.4, 0.5) is 17.1 Å². The number of anilines is 2. The maximum Gasteiger partial charge on any atom is 0.295 e. The molecule has 0 saturated carbocycles. The van der Waals surface area contributed by atoms with Crippen LogP contribution in [-0.2, 0) is 10.0 Å². The fourth-order valence-electron chi connectivity index (χ4n) is 2.56. The van der Waals surface area contributed by atoms with Crippen LogP contribution in [0, 0.1) is 10.1 Å². The molecule has 3 aromatic carbocycles. The number of nitro benzene ring substituents is 1. The highest BCUT2D eigenvalue weighted by Gasteiger charge is 2.21. The Morgan fingerprint density at radius 2 is 1.71 bits per heavy atom. The van der Waals surface area contributed by atoms with Crippen molar-refractivity contribution in [3.8, 4) is 0 Å². The van der Waals surface area contributed by atoms with Crippen LogP contribution >= 0.6 is 27.5 Å². The van der Waals surface area contributed by atoms with Gasteiger partial charge in [0.1, 0.15) is 5.69 Å². The Bertz CT molecular complexity index is 1250. The van der Waals surface area contributed by atoms with E-state index in [1.54, 1.807) is 6.92 Å². The van der Waals surface area contributed by atoms with Crippen LogP contribution in [-0.4, -0.2) is 19.1 Å². The Labute approximate surface area is 192 Å². The Hall–Kier alpha value is -2.95. The van der Waals surface area contributed by atoms with Gasteiger partial charge in [0, 0.05) is 21.2 Å². The molecule has 0 heterocycles. The second-order valence-corrected chi connectivity index (χ2v) is 9.40. The summed E-state index contributed by atoms with van der Waals surface area (Å²) in [5.74, 6) is 0. The quantitative estimate of drug-likeness (QED) is 0.236. The first-order valence-electron chi connectivity index (χ1n) is 8.79. The predicted molar refractivity (Wildman–Crippen MR) is 125 cm³/mol. The smallest absolute Gasteiger partial charge is 0.280 e. The van der Waals surface area contributed by atoms with Gasteiger partial charge in [0.25, 0.3) is 15.7 Å². The molecular weight excluding hydrogens is 508 g/mol. The van der Waals surface area contributed by atoms with Crippen molar-refractivity contribution in [1.29, 1.82) is 0 Å². The highest BCUT2D eigenvalue weighted by molar-refractivity contribution is 9.10. The lowest BCUT2D eigenvalue weighted by Crippen LogP contribution is -2.13. The Morgan fingerprint density at radius 1 is 1.06 bits per heavy atom. The summed E-state index contributed by atoms with van der Waals surface area (Å²) < 4.78 is 28.5. The molecule has 11 heteroatoms. The molecule has 0 aromatic heterocycles. The number of hydrogen-bond donors (Lipinski definition) is 2. The summed E-state index contributed by atoms with van der Waals surface area (Å²) in [5, 5.41) is 16.2. The number of sulfonamides is 1. The van der Waals surface area contributed by atoms with Gasteiger partial charge in [-0.3, -0.25) is 20.3 Å². The van der Waals surface area contributed by atoms with Gasteiger partial charge < -0.3 is 0 Å². The average Bonchev–Trinajstić information content (AvgIpc) is 2.73. The van der Waals surface area contributed by atoms with Gasteiger partial charge in [0.2, 0.25) is 0 Å². The molecule has 3 aromatic rings. The summed E-state index contributed by atoms with van der Waals surface area (Å²) in [6, 6.07) is 17.0. The fourth-order valence-corrected chi connectivity index (χ4v) is 4.02. The lowest BCUT2D eigenvalue weighted by molar-refractivity contribution is -0.384. The largest absolute Gasteiger partial charge is 0.295 e. The lowest BCUT2D eigenvalue weighted by atomic mass is 10.1. The zero-order valence-electron chi connectivity index (χ0n) is 16.0. The van der Waals surface area contributed by atoms with E-state index in [1.165, 1.54) is 36.4 Å². The Balaban J connectivity index is 1.87. The van der Waals surface area contributed by atoms with Crippen molar-refractivity contribution in [2.75, 3.05) is 10.1 Å². The number of hydrogen-bond acceptors (Lipinski definition) is 6. The van der Waals surface area contributed by atoms with Crippen LogP contribution in [0.1, 0.15) is 12.5 Å². The monoisotopic (exact) mass is 522 g/mol. The Morgan fingerprint density at radius 3 is 2.32 bits per heavy atom. The summed E-state index contributed by atoms with van der Waals surface area (Å²) in [6.45, 7) is 1.75. The normalized spacial score (nSPS) is 11.8. The van der Waals surface area contributed by atoms with E-state index in [0.717, 1.165) is 16.1 Å². The van der Waals surface area contributed by atoms with Crippen molar-refractivity contribution in [2.24, 2.45) is 5.10 Å². The van der Waals surface area contributed by atoms with E-state index < -0.39 is 20.6 Å². The van der Waals surface area contributed by atoms with Crippen LogP contribution < -0.4 is 10.1 Å². The molecule has 0 aliphatic rings. The van der Waals surface area contributed by atoms with Crippen LogP contribution in [0.5, 0.6) is 0 Å². The van der Waals surface area contributed by atoms with Crippen molar-refractivity contribution in [2.45, 2.75) is 11.8 Å². The number of nitrogens with one attached hydrogen (secondary N) is 2. The minimum Gasteiger partial charge on any atom is -0.280 e. The average molecular weight is 524 g/mol. The zero-order valence-corrected chi connectivity index (χ0v) is 19.2. The molecule has 0 spiro atoms. The molecule has 0 bridgehead atoms.